The van der Waals surface area contributed by atoms with Crippen molar-refractivity contribution < 1.29 is 32.3 Å². The van der Waals surface area contributed by atoms with Gasteiger partial charge in [0.1, 0.15) is 12.2 Å². The summed E-state index contributed by atoms with van der Waals surface area (Å²) in [5.41, 5.74) is 1.05. The number of hydrogen-bond acceptors (Lipinski definition) is 8. The van der Waals surface area contributed by atoms with Gasteiger partial charge in [-0.25, -0.2) is 13.1 Å². The lowest BCUT2D eigenvalue weighted by Gasteiger charge is -2.10. The number of sulfonamides is 1. The predicted octanol–water partition coefficient (Wildman–Crippen LogP) is 2.51. The summed E-state index contributed by atoms with van der Waals surface area (Å²) in [6.07, 6.45) is 1.30. The normalized spacial score (nSPS) is 11.0. The Morgan fingerprint density at radius 2 is 1.50 bits per heavy atom. The summed E-state index contributed by atoms with van der Waals surface area (Å²) in [5, 5.41) is 5.72. The van der Waals surface area contributed by atoms with Crippen molar-refractivity contribution in [2.45, 2.75) is 31.3 Å². The number of benzene rings is 2. The Hall–Kier alpha value is -4.29. The van der Waals surface area contributed by atoms with Gasteiger partial charge in [-0.3, -0.25) is 24.2 Å². The van der Waals surface area contributed by atoms with Crippen molar-refractivity contribution in [3.05, 3.63) is 94.3 Å². The number of nitrogens with one attached hydrogen (secondary N) is 3. The first-order chi connectivity index (χ1) is 18.9. The fourth-order valence-corrected chi connectivity index (χ4v) is 4.41. The van der Waals surface area contributed by atoms with Gasteiger partial charge in [0.05, 0.1) is 16.6 Å². The summed E-state index contributed by atoms with van der Waals surface area (Å²) in [6, 6.07) is 14.8. The summed E-state index contributed by atoms with van der Waals surface area (Å²) in [6.45, 7) is 3.36. The predicted molar refractivity (Wildman–Crippen MR) is 146 cm³/mol. The van der Waals surface area contributed by atoms with E-state index in [4.69, 9.17) is 16.3 Å². The molecule has 0 bridgehead atoms. The van der Waals surface area contributed by atoms with E-state index in [0.717, 1.165) is 11.8 Å². The monoisotopic (exact) mass is 586 g/mol. The summed E-state index contributed by atoms with van der Waals surface area (Å²) in [7, 11) is -4.26. The second-order valence-corrected chi connectivity index (χ2v) is 10.9. The maximum absolute atomic E-state index is 12.7. The number of nitrogens with zero attached hydrogens (tertiary/aromatic N) is 1. The van der Waals surface area contributed by atoms with E-state index in [1.54, 1.807) is 26.0 Å². The molecule has 40 heavy (non-hydrogen) atoms. The molecule has 1 heterocycles. The van der Waals surface area contributed by atoms with Crippen LogP contribution in [-0.4, -0.2) is 56.3 Å². The molecule has 0 atom stereocenters. The number of pyridine rings is 1. The average Bonchev–Trinajstić information content (AvgIpc) is 2.92. The molecule has 210 valence electrons. The van der Waals surface area contributed by atoms with Gasteiger partial charge < -0.3 is 15.4 Å². The average molecular weight is 587 g/mol. The van der Waals surface area contributed by atoms with Crippen molar-refractivity contribution in [3.63, 3.8) is 0 Å². The Morgan fingerprint density at radius 1 is 0.850 bits per heavy atom. The number of aromatic nitrogens is 1. The largest absolute Gasteiger partial charge is 0.462 e. The van der Waals surface area contributed by atoms with Crippen LogP contribution in [0.25, 0.3) is 0 Å². The molecule has 3 rings (SSSR count). The zero-order chi connectivity index (χ0) is 29.3. The summed E-state index contributed by atoms with van der Waals surface area (Å²) >= 11 is 5.86. The second kappa shape index (κ2) is 13.7. The van der Waals surface area contributed by atoms with Crippen LogP contribution in [0.5, 0.6) is 0 Å². The molecule has 0 aliphatic heterocycles. The SMILES string of the molecule is CC(C)OC(=O)CNC(=O)c1ccc(C(=O)NS(=O)(=O)c2ccc(C(=O)NCCc3ccc(Cl)cc3)cc2)cn1. The number of carbonyl (C=O) groups is 4. The van der Waals surface area contributed by atoms with Crippen LogP contribution in [0.15, 0.2) is 71.8 Å². The molecule has 3 amide bonds. The van der Waals surface area contributed by atoms with E-state index in [1.165, 1.54) is 36.4 Å². The lowest BCUT2D eigenvalue weighted by Crippen LogP contribution is -2.32. The Morgan fingerprint density at radius 3 is 2.10 bits per heavy atom. The first kappa shape index (κ1) is 30.3. The summed E-state index contributed by atoms with van der Waals surface area (Å²) in [5.74, 6) is -2.64. The lowest BCUT2D eigenvalue weighted by molar-refractivity contribution is -0.146. The van der Waals surface area contributed by atoms with Crippen LogP contribution in [-0.2, 0) is 26.0 Å². The van der Waals surface area contributed by atoms with Crippen LogP contribution < -0.4 is 15.4 Å². The lowest BCUT2D eigenvalue weighted by atomic mass is 10.1. The number of ether oxygens (including phenoxy) is 1. The van der Waals surface area contributed by atoms with Crippen molar-refractivity contribution in [1.82, 2.24) is 20.3 Å². The molecular weight excluding hydrogens is 560 g/mol. The molecule has 11 nitrogen and oxygen atoms in total. The van der Waals surface area contributed by atoms with Gasteiger partial charge in [-0.05, 0) is 74.4 Å². The quantitative estimate of drug-likeness (QED) is 0.289. The summed E-state index contributed by atoms with van der Waals surface area (Å²) in [4.78, 5) is 52.2. The number of hydrogen-bond donors (Lipinski definition) is 3. The molecule has 0 aliphatic rings. The van der Waals surface area contributed by atoms with Crippen molar-refractivity contribution in [2.24, 2.45) is 0 Å². The van der Waals surface area contributed by atoms with Crippen LogP contribution in [0, 0.1) is 0 Å². The minimum atomic E-state index is -4.26. The van der Waals surface area contributed by atoms with Gasteiger partial charge in [-0.1, -0.05) is 23.7 Å². The first-order valence-electron chi connectivity index (χ1n) is 12.1. The van der Waals surface area contributed by atoms with E-state index < -0.39 is 27.8 Å². The molecule has 0 spiro atoms. The maximum Gasteiger partial charge on any atom is 0.325 e. The summed E-state index contributed by atoms with van der Waals surface area (Å²) < 4.78 is 32.2. The van der Waals surface area contributed by atoms with Gasteiger partial charge in [0.15, 0.2) is 0 Å². The fourth-order valence-electron chi connectivity index (χ4n) is 3.31. The standard InChI is InChI=1S/C27H27ClN4O7S/c1-17(2)39-24(33)16-31-27(36)23-12-7-20(15-30-23)26(35)32-40(37,38)22-10-5-19(6-11-22)25(34)29-14-13-18-3-8-21(28)9-4-18/h3-12,15,17H,13-14,16H2,1-2H3,(H,29,34)(H,31,36)(H,32,35). The number of rotatable bonds is 11. The Kier molecular flexibility index (Phi) is 10.3. The van der Waals surface area contributed by atoms with E-state index in [2.05, 4.69) is 15.6 Å². The smallest absolute Gasteiger partial charge is 0.325 e. The molecular formula is C27H27ClN4O7S. The molecule has 0 radical (unpaired) electrons. The number of esters is 1. The van der Waals surface area contributed by atoms with E-state index in [0.29, 0.717) is 18.0 Å². The highest BCUT2D eigenvalue weighted by molar-refractivity contribution is 7.90. The molecule has 13 heteroatoms. The topological polar surface area (TPSA) is 161 Å². The van der Waals surface area contributed by atoms with Crippen LogP contribution in [0.3, 0.4) is 0 Å². The molecule has 0 aliphatic carbocycles. The molecule has 0 saturated carbocycles. The van der Waals surface area contributed by atoms with Crippen molar-refractivity contribution in [2.75, 3.05) is 13.1 Å². The molecule has 0 saturated heterocycles. The Bertz CT molecular complexity index is 1470. The van der Waals surface area contributed by atoms with Crippen molar-refractivity contribution >= 4 is 45.3 Å². The van der Waals surface area contributed by atoms with Gasteiger partial charge in [0.25, 0.3) is 27.7 Å². The van der Waals surface area contributed by atoms with Gasteiger partial charge in [-0.15, -0.1) is 0 Å². The zero-order valence-corrected chi connectivity index (χ0v) is 23.2. The third-order valence-electron chi connectivity index (χ3n) is 5.29. The molecule has 2 aromatic carbocycles. The van der Waals surface area contributed by atoms with Gasteiger partial charge in [0, 0.05) is 23.3 Å². The van der Waals surface area contributed by atoms with E-state index in [9.17, 15) is 27.6 Å². The van der Waals surface area contributed by atoms with Crippen LogP contribution >= 0.6 is 11.6 Å². The van der Waals surface area contributed by atoms with Gasteiger partial charge >= 0.3 is 5.97 Å². The van der Waals surface area contributed by atoms with E-state index in [1.807, 2.05) is 16.9 Å². The number of amides is 3. The molecule has 0 unspecified atom stereocenters. The highest BCUT2D eigenvalue weighted by Gasteiger charge is 2.20. The third-order valence-corrected chi connectivity index (χ3v) is 6.88. The minimum Gasteiger partial charge on any atom is -0.462 e. The molecule has 1 aromatic heterocycles. The zero-order valence-electron chi connectivity index (χ0n) is 21.6. The third kappa shape index (κ3) is 8.89. The molecule has 3 aromatic rings. The van der Waals surface area contributed by atoms with Crippen LogP contribution in [0.2, 0.25) is 5.02 Å². The van der Waals surface area contributed by atoms with Crippen molar-refractivity contribution in [3.8, 4) is 0 Å². The Balaban J connectivity index is 1.53. The fraction of sp³-hybridized carbons (Fsp3) is 0.222. The molecule has 0 fully saturated rings. The number of halogens is 1. The molecule has 3 N–H and O–H groups in total. The maximum atomic E-state index is 12.7. The van der Waals surface area contributed by atoms with Crippen molar-refractivity contribution in [1.29, 1.82) is 0 Å². The van der Waals surface area contributed by atoms with E-state index in [-0.39, 0.29) is 40.3 Å². The Labute approximate surface area is 236 Å². The van der Waals surface area contributed by atoms with Crippen LogP contribution in [0.1, 0.15) is 50.6 Å². The first-order valence-corrected chi connectivity index (χ1v) is 13.9. The van der Waals surface area contributed by atoms with Crippen LogP contribution in [0.4, 0.5) is 0 Å². The number of carbonyl (C=O) groups excluding carboxylic acids is 4. The van der Waals surface area contributed by atoms with Gasteiger partial charge in [-0.2, -0.15) is 0 Å². The highest BCUT2D eigenvalue weighted by atomic mass is 35.5. The van der Waals surface area contributed by atoms with Gasteiger partial charge in [0.2, 0.25) is 0 Å². The second-order valence-electron chi connectivity index (χ2n) is 8.74. The minimum absolute atomic E-state index is 0.0845. The highest BCUT2D eigenvalue weighted by Crippen LogP contribution is 2.13. The van der Waals surface area contributed by atoms with E-state index >= 15 is 0 Å².